The van der Waals surface area contributed by atoms with Gasteiger partial charge in [-0.25, -0.2) is 13.4 Å². The molecule has 0 fully saturated rings. The van der Waals surface area contributed by atoms with Gasteiger partial charge in [-0.1, -0.05) is 12.1 Å². The molecule has 0 atom stereocenters. The number of benzene rings is 1. The minimum Gasteiger partial charge on any atom is -0.383 e. The molecule has 2 aromatic rings. The fourth-order valence-electron chi connectivity index (χ4n) is 1.64. The molecule has 0 aliphatic heterocycles. The van der Waals surface area contributed by atoms with Gasteiger partial charge in [0.15, 0.2) is 0 Å². The van der Waals surface area contributed by atoms with Crippen molar-refractivity contribution < 1.29 is 8.42 Å². The molecule has 1 aromatic heterocycles. The van der Waals surface area contributed by atoms with Crippen molar-refractivity contribution in [2.75, 3.05) is 10.5 Å². The minimum atomic E-state index is -3.82. The van der Waals surface area contributed by atoms with Crippen molar-refractivity contribution in [3.63, 3.8) is 0 Å². The number of aromatic nitrogens is 1. The van der Waals surface area contributed by atoms with Gasteiger partial charge < -0.3 is 5.73 Å². The third-order valence-electron chi connectivity index (χ3n) is 2.63. The van der Waals surface area contributed by atoms with Crippen LogP contribution in [0.3, 0.4) is 0 Å². The number of halogens is 1. The van der Waals surface area contributed by atoms with Crippen molar-refractivity contribution >= 4 is 37.5 Å². The molecule has 0 radical (unpaired) electrons. The van der Waals surface area contributed by atoms with Gasteiger partial charge in [-0.05, 0) is 39.7 Å². The minimum absolute atomic E-state index is 0.0770. The predicted molar refractivity (Wildman–Crippen MR) is 82.9 cm³/mol. The number of nitrogens with one attached hydrogen (secondary N) is 1. The van der Waals surface area contributed by atoms with Crippen LogP contribution in [-0.2, 0) is 16.4 Å². The first-order valence-corrected chi connectivity index (χ1v) is 8.10. The summed E-state index contributed by atoms with van der Waals surface area (Å²) in [4.78, 5) is 3.70. The molecule has 21 heavy (non-hydrogen) atoms. The van der Waals surface area contributed by atoms with Crippen LogP contribution in [0.4, 0.5) is 11.5 Å². The first-order valence-electron chi connectivity index (χ1n) is 5.82. The fraction of sp³-hybridized carbons (Fsp3) is 0.0769. The fourth-order valence-corrected chi connectivity index (χ4v) is 3.29. The van der Waals surface area contributed by atoms with Crippen molar-refractivity contribution in [3.8, 4) is 6.07 Å². The number of nitriles is 1. The van der Waals surface area contributed by atoms with Crippen LogP contribution in [0.5, 0.6) is 0 Å². The van der Waals surface area contributed by atoms with Crippen LogP contribution in [0.25, 0.3) is 0 Å². The number of rotatable bonds is 4. The molecule has 108 valence electrons. The molecule has 0 unspecified atom stereocenters. The second-order valence-electron chi connectivity index (χ2n) is 4.17. The SMILES string of the molecule is N#CCc1ccc(NS(=O)(=O)c2cc(Br)cnc2N)cc1. The number of sulfonamides is 1. The summed E-state index contributed by atoms with van der Waals surface area (Å²) in [6.45, 7) is 0. The molecule has 3 N–H and O–H groups in total. The van der Waals surface area contributed by atoms with Crippen molar-refractivity contribution in [1.29, 1.82) is 5.26 Å². The highest BCUT2D eigenvalue weighted by molar-refractivity contribution is 9.10. The molecule has 0 aliphatic rings. The van der Waals surface area contributed by atoms with Crippen LogP contribution in [0.2, 0.25) is 0 Å². The number of pyridine rings is 1. The first-order chi connectivity index (χ1) is 9.92. The lowest BCUT2D eigenvalue weighted by atomic mass is 10.1. The summed E-state index contributed by atoms with van der Waals surface area (Å²) < 4.78 is 27.5. The van der Waals surface area contributed by atoms with Gasteiger partial charge >= 0.3 is 0 Å². The number of hydrogen-bond donors (Lipinski definition) is 2. The van der Waals surface area contributed by atoms with Gasteiger partial charge in [-0.3, -0.25) is 4.72 Å². The zero-order chi connectivity index (χ0) is 15.5. The molecule has 1 heterocycles. The van der Waals surface area contributed by atoms with E-state index in [0.717, 1.165) is 5.56 Å². The van der Waals surface area contributed by atoms with Crippen LogP contribution in [0.1, 0.15) is 5.56 Å². The first kappa shape index (κ1) is 15.3. The van der Waals surface area contributed by atoms with Crippen molar-refractivity contribution in [3.05, 3.63) is 46.6 Å². The van der Waals surface area contributed by atoms with E-state index >= 15 is 0 Å². The maximum atomic E-state index is 12.3. The standard InChI is InChI=1S/C13H11BrN4O2S/c14-10-7-12(13(16)17-8-10)21(19,20)18-11-3-1-9(2-4-11)5-6-15/h1-4,7-8,18H,5H2,(H2,16,17). The van der Waals surface area contributed by atoms with Crippen LogP contribution in [-0.4, -0.2) is 13.4 Å². The van der Waals surface area contributed by atoms with E-state index in [4.69, 9.17) is 11.0 Å². The molecule has 6 nitrogen and oxygen atoms in total. The van der Waals surface area contributed by atoms with Crippen molar-refractivity contribution in [2.24, 2.45) is 0 Å². The van der Waals surface area contributed by atoms with Crippen LogP contribution >= 0.6 is 15.9 Å². The third kappa shape index (κ3) is 3.71. The van der Waals surface area contributed by atoms with Crippen molar-refractivity contribution in [1.82, 2.24) is 4.98 Å². The van der Waals surface area contributed by atoms with E-state index in [1.54, 1.807) is 24.3 Å². The second kappa shape index (κ2) is 6.11. The number of nitrogens with zero attached hydrogens (tertiary/aromatic N) is 2. The molecule has 8 heteroatoms. The number of hydrogen-bond acceptors (Lipinski definition) is 5. The largest absolute Gasteiger partial charge is 0.383 e. The Balaban J connectivity index is 2.29. The van der Waals surface area contributed by atoms with E-state index in [1.807, 2.05) is 6.07 Å². The van der Waals surface area contributed by atoms with E-state index < -0.39 is 10.0 Å². The van der Waals surface area contributed by atoms with Gasteiger partial charge in [0.1, 0.15) is 10.7 Å². The molecule has 0 saturated heterocycles. The Bertz CT molecular complexity index is 798. The Morgan fingerprint density at radius 2 is 2.00 bits per heavy atom. The smallest absolute Gasteiger partial charge is 0.265 e. The molecule has 0 spiro atoms. The summed E-state index contributed by atoms with van der Waals surface area (Å²) in [5.74, 6) is -0.0770. The lowest BCUT2D eigenvalue weighted by Crippen LogP contribution is -2.15. The third-order valence-corrected chi connectivity index (χ3v) is 4.47. The zero-order valence-electron chi connectivity index (χ0n) is 10.7. The molecular weight excluding hydrogens is 356 g/mol. The van der Waals surface area contributed by atoms with Crippen LogP contribution in [0.15, 0.2) is 45.9 Å². The zero-order valence-corrected chi connectivity index (χ0v) is 13.1. The number of nitrogens with two attached hydrogens (primary N) is 1. The van der Waals surface area contributed by atoms with Crippen LogP contribution < -0.4 is 10.5 Å². The molecule has 0 amide bonds. The molecule has 0 saturated carbocycles. The van der Waals surface area contributed by atoms with Gasteiger partial charge in [0.2, 0.25) is 0 Å². The Kier molecular flexibility index (Phi) is 4.45. The summed E-state index contributed by atoms with van der Waals surface area (Å²) in [6, 6.07) is 9.95. The summed E-state index contributed by atoms with van der Waals surface area (Å²) >= 11 is 3.16. The average Bonchev–Trinajstić information content (AvgIpc) is 2.43. The maximum Gasteiger partial charge on any atom is 0.265 e. The number of nitrogen functional groups attached to an aromatic ring is 1. The lowest BCUT2D eigenvalue weighted by molar-refractivity contribution is 0.601. The van der Waals surface area contributed by atoms with Crippen molar-refractivity contribution in [2.45, 2.75) is 11.3 Å². The Hall–Kier alpha value is -2.11. The average molecular weight is 367 g/mol. The molecule has 0 bridgehead atoms. The summed E-state index contributed by atoms with van der Waals surface area (Å²) in [7, 11) is -3.82. The van der Waals surface area contributed by atoms with Gasteiger partial charge in [-0.15, -0.1) is 0 Å². The molecule has 2 rings (SSSR count). The van der Waals surface area contributed by atoms with Gasteiger partial charge in [0.05, 0.1) is 12.5 Å². The highest BCUT2D eigenvalue weighted by Gasteiger charge is 2.19. The highest BCUT2D eigenvalue weighted by Crippen LogP contribution is 2.23. The van der Waals surface area contributed by atoms with Crippen LogP contribution in [0, 0.1) is 11.3 Å². The highest BCUT2D eigenvalue weighted by atomic mass is 79.9. The van der Waals surface area contributed by atoms with Gasteiger partial charge in [-0.2, -0.15) is 5.26 Å². The van der Waals surface area contributed by atoms with E-state index in [-0.39, 0.29) is 17.1 Å². The Labute approximate surface area is 130 Å². The van der Waals surface area contributed by atoms with E-state index in [9.17, 15) is 8.42 Å². The Morgan fingerprint density at radius 3 is 2.62 bits per heavy atom. The van der Waals surface area contributed by atoms with E-state index in [0.29, 0.717) is 10.2 Å². The summed E-state index contributed by atoms with van der Waals surface area (Å²) in [5.41, 5.74) is 6.80. The predicted octanol–water partition coefficient (Wildman–Crippen LogP) is 2.29. The van der Waals surface area contributed by atoms with E-state index in [2.05, 4.69) is 25.6 Å². The van der Waals surface area contributed by atoms with Gasteiger partial charge in [0.25, 0.3) is 10.0 Å². The summed E-state index contributed by atoms with van der Waals surface area (Å²) in [5, 5.41) is 8.59. The Morgan fingerprint density at radius 1 is 1.33 bits per heavy atom. The second-order valence-corrected chi connectivity index (χ2v) is 6.74. The topological polar surface area (TPSA) is 109 Å². The quantitative estimate of drug-likeness (QED) is 0.862. The molecule has 0 aliphatic carbocycles. The maximum absolute atomic E-state index is 12.3. The molecular formula is C13H11BrN4O2S. The monoisotopic (exact) mass is 366 g/mol. The molecule has 1 aromatic carbocycles. The normalized spacial score (nSPS) is 10.9. The van der Waals surface area contributed by atoms with E-state index in [1.165, 1.54) is 12.3 Å². The summed E-state index contributed by atoms with van der Waals surface area (Å²) in [6.07, 6.45) is 1.70. The van der Waals surface area contributed by atoms with Gasteiger partial charge in [0, 0.05) is 16.4 Å². The number of anilines is 2. The lowest BCUT2D eigenvalue weighted by Gasteiger charge is -2.10.